The van der Waals surface area contributed by atoms with Gasteiger partial charge in [0.25, 0.3) is 5.56 Å². The van der Waals surface area contributed by atoms with Crippen molar-refractivity contribution in [3.8, 4) is 0 Å². The molecule has 0 amide bonds. The summed E-state index contributed by atoms with van der Waals surface area (Å²) in [4.78, 5) is 17.9. The molecule has 2 aromatic heterocycles. The largest absolute Gasteiger partial charge is 0.344 e. The standard InChI is InChI=1S/C25H25BrN4O/c1-4-8-24-28-23-12-11-21(26)14-22(23)25(31)30(24)27-15-20-13-17(2)29(18(20)3)16-19-9-6-5-7-10-19/h5-7,9-15H,4,8,16H2,1-3H3. The van der Waals surface area contributed by atoms with Crippen molar-refractivity contribution >= 4 is 33.0 Å². The third-order valence-corrected chi connectivity index (χ3v) is 5.95. The molecule has 0 aliphatic carbocycles. The van der Waals surface area contributed by atoms with Crippen LogP contribution in [0.15, 0.2) is 69.0 Å². The maximum Gasteiger partial charge on any atom is 0.282 e. The fourth-order valence-electron chi connectivity index (χ4n) is 3.79. The number of rotatable bonds is 6. The molecular formula is C25H25BrN4O. The monoisotopic (exact) mass is 476 g/mol. The Morgan fingerprint density at radius 2 is 1.87 bits per heavy atom. The van der Waals surface area contributed by atoms with Crippen LogP contribution in [-0.2, 0) is 13.0 Å². The van der Waals surface area contributed by atoms with E-state index in [1.165, 1.54) is 10.2 Å². The van der Waals surface area contributed by atoms with Crippen LogP contribution in [0.2, 0.25) is 0 Å². The van der Waals surface area contributed by atoms with Crippen LogP contribution >= 0.6 is 15.9 Å². The molecule has 158 valence electrons. The molecular weight excluding hydrogens is 452 g/mol. The average Bonchev–Trinajstić information content (AvgIpc) is 3.02. The lowest BCUT2D eigenvalue weighted by molar-refractivity contribution is 0.703. The van der Waals surface area contributed by atoms with Gasteiger partial charge in [-0.15, -0.1) is 0 Å². The zero-order valence-electron chi connectivity index (χ0n) is 18.0. The Bertz CT molecular complexity index is 1320. The maximum absolute atomic E-state index is 13.2. The summed E-state index contributed by atoms with van der Waals surface area (Å²) >= 11 is 3.45. The lowest BCUT2D eigenvalue weighted by Gasteiger charge is -2.10. The van der Waals surface area contributed by atoms with Gasteiger partial charge in [0.15, 0.2) is 0 Å². The molecule has 0 saturated heterocycles. The Labute approximate surface area is 190 Å². The van der Waals surface area contributed by atoms with E-state index >= 15 is 0 Å². The van der Waals surface area contributed by atoms with Crippen LogP contribution in [0, 0.1) is 13.8 Å². The third kappa shape index (κ3) is 4.39. The number of fused-ring (bicyclic) bond motifs is 1. The molecule has 0 N–H and O–H groups in total. The van der Waals surface area contributed by atoms with Gasteiger partial charge in [0.2, 0.25) is 0 Å². The lowest BCUT2D eigenvalue weighted by atomic mass is 10.2. The van der Waals surface area contributed by atoms with Crippen LogP contribution in [0.5, 0.6) is 0 Å². The molecule has 5 nitrogen and oxygen atoms in total. The number of aromatic nitrogens is 3. The van der Waals surface area contributed by atoms with Crippen LogP contribution in [0.4, 0.5) is 0 Å². The summed E-state index contributed by atoms with van der Waals surface area (Å²) in [6.07, 6.45) is 3.34. The quantitative estimate of drug-likeness (QED) is 0.347. The van der Waals surface area contributed by atoms with Crippen LogP contribution in [0.25, 0.3) is 10.9 Å². The molecule has 0 aliphatic heterocycles. The van der Waals surface area contributed by atoms with Crippen molar-refractivity contribution in [3.63, 3.8) is 0 Å². The minimum atomic E-state index is -0.149. The predicted octanol–water partition coefficient (Wildman–Crippen LogP) is 5.46. The second-order valence-electron chi connectivity index (χ2n) is 7.70. The van der Waals surface area contributed by atoms with E-state index in [-0.39, 0.29) is 5.56 Å². The van der Waals surface area contributed by atoms with Gasteiger partial charge in [-0.05, 0) is 50.1 Å². The first kappa shape index (κ1) is 21.2. The van der Waals surface area contributed by atoms with Crippen molar-refractivity contribution in [2.45, 2.75) is 40.2 Å². The molecule has 0 radical (unpaired) electrons. The molecule has 4 rings (SSSR count). The van der Waals surface area contributed by atoms with Crippen molar-refractivity contribution in [2.75, 3.05) is 0 Å². The van der Waals surface area contributed by atoms with E-state index in [1.54, 1.807) is 12.3 Å². The molecule has 2 aromatic carbocycles. The number of halogens is 1. The molecule has 0 unspecified atom stereocenters. The maximum atomic E-state index is 13.2. The summed E-state index contributed by atoms with van der Waals surface area (Å²) in [5.74, 6) is 0.677. The molecule has 0 fully saturated rings. The van der Waals surface area contributed by atoms with Crippen LogP contribution in [0.1, 0.15) is 41.7 Å². The smallest absolute Gasteiger partial charge is 0.282 e. The Kier molecular flexibility index (Phi) is 6.18. The Balaban J connectivity index is 1.75. The molecule has 31 heavy (non-hydrogen) atoms. The summed E-state index contributed by atoms with van der Waals surface area (Å²) in [5.41, 5.74) is 5.07. The zero-order chi connectivity index (χ0) is 22.0. The van der Waals surface area contributed by atoms with Crippen molar-refractivity contribution < 1.29 is 0 Å². The molecule has 6 heteroatoms. The summed E-state index contributed by atoms with van der Waals surface area (Å²) in [6.45, 7) is 7.06. The highest BCUT2D eigenvalue weighted by molar-refractivity contribution is 9.10. The molecule has 0 spiro atoms. The van der Waals surface area contributed by atoms with E-state index in [4.69, 9.17) is 4.98 Å². The van der Waals surface area contributed by atoms with Crippen LogP contribution < -0.4 is 5.56 Å². The minimum Gasteiger partial charge on any atom is -0.344 e. The van der Waals surface area contributed by atoms with E-state index in [9.17, 15) is 4.79 Å². The van der Waals surface area contributed by atoms with Crippen molar-refractivity contribution in [1.82, 2.24) is 14.2 Å². The number of aryl methyl sites for hydroxylation is 2. The number of hydrogen-bond acceptors (Lipinski definition) is 3. The number of nitrogens with zero attached hydrogens (tertiary/aromatic N) is 4. The second kappa shape index (κ2) is 9.02. The van der Waals surface area contributed by atoms with Gasteiger partial charge in [0.1, 0.15) is 5.82 Å². The SMILES string of the molecule is CCCc1nc2ccc(Br)cc2c(=O)n1N=Cc1cc(C)n(Cc2ccccc2)c1C. The fourth-order valence-corrected chi connectivity index (χ4v) is 4.15. The molecule has 4 aromatic rings. The van der Waals surface area contributed by atoms with Gasteiger partial charge < -0.3 is 4.57 Å². The van der Waals surface area contributed by atoms with E-state index in [1.807, 2.05) is 18.2 Å². The molecule has 0 saturated carbocycles. The van der Waals surface area contributed by atoms with Crippen molar-refractivity contribution in [3.05, 3.63) is 97.8 Å². The molecule has 0 bridgehead atoms. The molecule has 0 atom stereocenters. The van der Waals surface area contributed by atoms with Gasteiger partial charge in [-0.3, -0.25) is 4.79 Å². The predicted molar refractivity (Wildman–Crippen MR) is 130 cm³/mol. The average molecular weight is 477 g/mol. The highest BCUT2D eigenvalue weighted by Gasteiger charge is 2.12. The first-order valence-corrected chi connectivity index (χ1v) is 11.2. The molecule has 0 aliphatic rings. The van der Waals surface area contributed by atoms with Gasteiger partial charge in [0.05, 0.1) is 17.1 Å². The fraction of sp³-hybridized carbons (Fsp3) is 0.240. The van der Waals surface area contributed by atoms with Crippen molar-refractivity contribution in [2.24, 2.45) is 5.10 Å². The lowest BCUT2D eigenvalue weighted by Crippen LogP contribution is -2.22. The second-order valence-corrected chi connectivity index (χ2v) is 8.61. The van der Waals surface area contributed by atoms with E-state index in [0.29, 0.717) is 23.1 Å². The van der Waals surface area contributed by atoms with Gasteiger partial charge in [0, 0.05) is 34.4 Å². The highest BCUT2D eigenvalue weighted by Crippen LogP contribution is 2.18. The van der Waals surface area contributed by atoms with E-state index in [0.717, 1.165) is 34.4 Å². The van der Waals surface area contributed by atoms with Gasteiger partial charge in [-0.1, -0.05) is 53.2 Å². The Hall–Kier alpha value is -2.99. The number of hydrogen-bond donors (Lipinski definition) is 0. The van der Waals surface area contributed by atoms with Crippen molar-refractivity contribution in [1.29, 1.82) is 0 Å². The molecule has 2 heterocycles. The zero-order valence-corrected chi connectivity index (χ0v) is 19.6. The summed E-state index contributed by atoms with van der Waals surface area (Å²) in [7, 11) is 0. The summed E-state index contributed by atoms with van der Waals surface area (Å²) in [5, 5.41) is 5.14. The first-order chi connectivity index (χ1) is 15.0. The number of benzene rings is 2. The first-order valence-electron chi connectivity index (χ1n) is 10.4. The van der Waals surface area contributed by atoms with Gasteiger partial charge in [-0.2, -0.15) is 9.78 Å². The minimum absolute atomic E-state index is 0.149. The summed E-state index contributed by atoms with van der Waals surface area (Å²) in [6, 6.07) is 18.1. The van der Waals surface area contributed by atoms with Gasteiger partial charge >= 0.3 is 0 Å². The Morgan fingerprint density at radius 1 is 1.10 bits per heavy atom. The van der Waals surface area contributed by atoms with Gasteiger partial charge in [-0.25, -0.2) is 4.98 Å². The Morgan fingerprint density at radius 3 is 2.61 bits per heavy atom. The normalized spacial score (nSPS) is 11.6. The highest BCUT2D eigenvalue weighted by atomic mass is 79.9. The van der Waals surface area contributed by atoms with E-state index in [2.05, 4.69) is 76.7 Å². The van der Waals surface area contributed by atoms with E-state index < -0.39 is 0 Å². The van der Waals surface area contributed by atoms with Crippen LogP contribution in [0.3, 0.4) is 0 Å². The van der Waals surface area contributed by atoms with Crippen LogP contribution in [-0.4, -0.2) is 20.4 Å². The topological polar surface area (TPSA) is 52.2 Å². The summed E-state index contributed by atoms with van der Waals surface area (Å²) < 4.78 is 4.56. The third-order valence-electron chi connectivity index (χ3n) is 5.46.